The van der Waals surface area contributed by atoms with Crippen molar-refractivity contribution in [3.8, 4) is 0 Å². The normalized spacial score (nSPS) is 34.1. The highest BCUT2D eigenvalue weighted by molar-refractivity contribution is 6.09. The van der Waals surface area contributed by atoms with E-state index in [4.69, 9.17) is 14.2 Å². The molecule has 0 aromatic heterocycles. The standard InChI is InChI=1S/C22H26O7/c1-7-10(2)20(25)29-22(6)18-15(27-13(5)23)9-12(4)16-14(24)8-11(3)17(16)19(18)28-21(22)26/h7-8,15,17-19H,9H2,1-6H3/b10-7-/t15-,17+,18-,19+,22+/m1/s1. The highest BCUT2D eigenvalue weighted by Gasteiger charge is 2.65. The molecular formula is C22H26O7. The smallest absolute Gasteiger partial charge is 0.351 e. The molecule has 0 bridgehead atoms. The van der Waals surface area contributed by atoms with E-state index < -0.39 is 47.6 Å². The van der Waals surface area contributed by atoms with Gasteiger partial charge < -0.3 is 14.2 Å². The average molecular weight is 402 g/mol. The van der Waals surface area contributed by atoms with Gasteiger partial charge in [-0.2, -0.15) is 0 Å². The van der Waals surface area contributed by atoms with E-state index in [9.17, 15) is 19.2 Å². The topological polar surface area (TPSA) is 96.0 Å². The Morgan fingerprint density at radius 3 is 2.48 bits per heavy atom. The molecule has 156 valence electrons. The second-order valence-electron chi connectivity index (χ2n) is 8.14. The van der Waals surface area contributed by atoms with Gasteiger partial charge in [0.05, 0.1) is 5.92 Å². The van der Waals surface area contributed by atoms with Gasteiger partial charge in [-0.3, -0.25) is 9.59 Å². The summed E-state index contributed by atoms with van der Waals surface area (Å²) in [5.41, 5.74) is 0.828. The first-order valence-electron chi connectivity index (χ1n) is 9.68. The zero-order valence-corrected chi connectivity index (χ0v) is 17.5. The summed E-state index contributed by atoms with van der Waals surface area (Å²) >= 11 is 0. The quantitative estimate of drug-likeness (QED) is 0.407. The number of carbonyl (C=O) groups excluding carboxylic acids is 4. The molecular weight excluding hydrogens is 376 g/mol. The minimum absolute atomic E-state index is 0.126. The molecule has 5 atom stereocenters. The van der Waals surface area contributed by atoms with Crippen molar-refractivity contribution in [3.05, 3.63) is 34.4 Å². The lowest BCUT2D eigenvalue weighted by Gasteiger charge is -2.34. The summed E-state index contributed by atoms with van der Waals surface area (Å²) < 4.78 is 16.9. The highest BCUT2D eigenvalue weighted by atomic mass is 16.6. The number of allylic oxidation sites excluding steroid dienone is 2. The number of ketones is 1. The first kappa shape index (κ1) is 21.0. The fraction of sp³-hybridized carbons (Fsp3) is 0.545. The molecule has 7 nitrogen and oxygen atoms in total. The molecule has 0 unspecified atom stereocenters. The number of ether oxygens (including phenoxy) is 3. The van der Waals surface area contributed by atoms with Crippen LogP contribution in [0.15, 0.2) is 34.4 Å². The molecule has 0 radical (unpaired) electrons. The summed E-state index contributed by atoms with van der Waals surface area (Å²) in [5, 5.41) is 0. The fourth-order valence-electron chi connectivity index (χ4n) is 4.63. The van der Waals surface area contributed by atoms with Crippen molar-refractivity contribution < 1.29 is 33.4 Å². The summed E-state index contributed by atoms with van der Waals surface area (Å²) in [6, 6.07) is 0. The van der Waals surface area contributed by atoms with Crippen molar-refractivity contribution in [1.29, 1.82) is 0 Å². The van der Waals surface area contributed by atoms with E-state index in [1.165, 1.54) is 13.8 Å². The van der Waals surface area contributed by atoms with E-state index in [-0.39, 0.29) is 12.2 Å². The van der Waals surface area contributed by atoms with E-state index in [2.05, 4.69) is 0 Å². The van der Waals surface area contributed by atoms with Gasteiger partial charge in [-0.1, -0.05) is 17.2 Å². The number of esters is 3. The first-order chi connectivity index (χ1) is 13.5. The summed E-state index contributed by atoms with van der Waals surface area (Å²) in [5.74, 6) is -3.18. The molecule has 0 N–H and O–H groups in total. The molecule has 0 spiro atoms. The second-order valence-corrected chi connectivity index (χ2v) is 8.14. The molecule has 7 heteroatoms. The van der Waals surface area contributed by atoms with Gasteiger partial charge in [-0.05, 0) is 40.7 Å². The molecule has 0 saturated carbocycles. The molecule has 1 fully saturated rings. The van der Waals surface area contributed by atoms with Gasteiger partial charge in [0, 0.05) is 30.4 Å². The van der Waals surface area contributed by atoms with Gasteiger partial charge in [0.25, 0.3) is 0 Å². The third-order valence-corrected chi connectivity index (χ3v) is 6.14. The summed E-state index contributed by atoms with van der Waals surface area (Å²) in [6.07, 6.45) is 1.85. The van der Waals surface area contributed by atoms with Gasteiger partial charge in [-0.15, -0.1) is 0 Å². The zero-order valence-electron chi connectivity index (χ0n) is 17.5. The van der Waals surface area contributed by atoms with Gasteiger partial charge in [0.2, 0.25) is 5.60 Å². The molecule has 3 aliphatic rings. The lowest BCUT2D eigenvalue weighted by atomic mass is 9.77. The molecule has 1 saturated heterocycles. The SMILES string of the molecule is C/C=C(/C)C(=O)O[C@]1(C)C(=O)O[C@H]2[C@H]3C(C)=CC(=O)C3=C(C)C[C@@H](OC(C)=O)[C@H]21. The van der Waals surface area contributed by atoms with E-state index in [1.54, 1.807) is 26.0 Å². The van der Waals surface area contributed by atoms with Crippen LogP contribution in [0, 0.1) is 11.8 Å². The highest BCUT2D eigenvalue weighted by Crippen LogP contribution is 2.51. The Hall–Kier alpha value is -2.70. The van der Waals surface area contributed by atoms with E-state index in [0.717, 1.165) is 11.1 Å². The number of carbonyl (C=O) groups is 4. The largest absolute Gasteiger partial charge is 0.462 e. The Labute approximate surface area is 169 Å². The van der Waals surface area contributed by atoms with Gasteiger partial charge >= 0.3 is 17.9 Å². The Kier molecular flexibility index (Phi) is 5.28. The fourth-order valence-corrected chi connectivity index (χ4v) is 4.63. The van der Waals surface area contributed by atoms with Crippen molar-refractivity contribution in [2.45, 2.75) is 65.8 Å². The Morgan fingerprint density at radius 1 is 1.24 bits per heavy atom. The van der Waals surface area contributed by atoms with Crippen LogP contribution in [0.5, 0.6) is 0 Å². The maximum Gasteiger partial charge on any atom is 0.351 e. The van der Waals surface area contributed by atoms with Crippen LogP contribution < -0.4 is 0 Å². The molecule has 29 heavy (non-hydrogen) atoms. The van der Waals surface area contributed by atoms with Crippen molar-refractivity contribution in [2.24, 2.45) is 11.8 Å². The van der Waals surface area contributed by atoms with Crippen LogP contribution >= 0.6 is 0 Å². The van der Waals surface area contributed by atoms with Gasteiger partial charge in [0.15, 0.2) is 5.78 Å². The van der Waals surface area contributed by atoms with Crippen LogP contribution in [-0.2, 0) is 33.4 Å². The van der Waals surface area contributed by atoms with E-state index >= 15 is 0 Å². The first-order valence-corrected chi connectivity index (χ1v) is 9.68. The Morgan fingerprint density at radius 2 is 1.90 bits per heavy atom. The average Bonchev–Trinajstić information content (AvgIpc) is 3.00. The van der Waals surface area contributed by atoms with Crippen LogP contribution in [0.2, 0.25) is 0 Å². The lowest BCUT2D eigenvalue weighted by molar-refractivity contribution is -0.175. The van der Waals surface area contributed by atoms with Crippen LogP contribution in [0.25, 0.3) is 0 Å². The maximum absolute atomic E-state index is 12.9. The van der Waals surface area contributed by atoms with Crippen LogP contribution in [0.4, 0.5) is 0 Å². The molecule has 3 rings (SSSR count). The number of hydrogen-bond donors (Lipinski definition) is 0. The van der Waals surface area contributed by atoms with Crippen LogP contribution in [0.1, 0.15) is 48.0 Å². The van der Waals surface area contributed by atoms with Crippen LogP contribution in [0.3, 0.4) is 0 Å². The van der Waals surface area contributed by atoms with Crippen molar-refractivity contribution in [2.75, 3.05) is 0 Å². The van der Waals surface area contributed by atoms with Gasteiger partial charge in [0.1, 0.15) is 12.2 Å². The Bertz CT molecular complexity index is 891. The summed E-state index contributed by atoms with van der Waals surface area (Å²) in [4.78, 5) is 49.8. The number of rotatable bonds is 3. The molecule has 0 aromatic carbocycles. The van der Waals surface area contributed by atoms with E-state index in [1.807, 2.05) is 13.8 Å². The second kappa shape index (κ2) is 7.28. The molecule has 1 aliphatic heterocycles. The molecule has 1 heterocycles. The number of fused-ring (bicyclic) bond motifs is 3. The lowest BCUT2D eigenvalue weighted by Crippen LogP contribution is -2.50. The van der Waals surface area contributed by atoms with Crippen molar-refractivity contribution >= 4 is 23.7 Å². The minimum Gasteiger partial charge on any atom is -0.462 e. The third-order valence-electron chi connectivity index (χ3n) is 6.14. The monoisotopic (exact) mass is 402 g/mol. The van der Waals surface area contributed by atoms with Crippen LogP contribution in [-0.4, -0.2) is 41.5 Å². The predicted molar refractivity (Wildman–Crippen MR) is 102 cm³/mol. The zero-order chi connectivity index (χ0) is 21.7. The Balaban J connectivity index is 2.11. The van der Waals surface area contributed by atoms with E-state index in [0.29, 0.717) is 11.1 Å². The predicted octanol–water partition coefficient (Wildman–Crippen LogP) is 2.59. The minimum atomic E-state index is -1.65. The third kappa shape index (κ3) is 3.32. The molecule has 2 aliphatic carbocycles. The number of hydrogen-bond acceptors (Lipinski definition) is 7. The summed E-state index contributed by atoms with van der Waals surface area (Å²) in [7, 11) is 0. The maximum atomic E-state index is 12.9. The summed E-state index contributed by atoms with van der Waals surface area (Å²) in [6.45, 7) is 9.69. The van der Waals surface area contributed by atoms with Crippen molar-refractivity contribution in [1.82, 2.24) is 0 Å². The van der Waals surface area contributed by atoms with Crippen molar-refractivity contribution in [3.63, 3.8) is 0 Å². The molecule has 0 aromatic rings. The molecule has 0 amide bonds. The van der Waals surface area contributed by atoms with Gasteiger partial charge in [-0.25, -0.2) is 9.59 Å².